The Bertz CT molecular complexity index is 149. The Morgan fingerprint density at radius 3 is 2.53 bits per heavy atom. The van der Waals surface area contributed by atoms with Gasteiger partial charge in [-0.15, -0.1) is 0 Å². The van der Waals surface area contributed by atoms with Crippen LogP contribution in [-0.2, 0) is 4.74 Å². The molecule has 1 atom stereocenters. The van der Waals surface area contributed by atoms with Gasteiger partial charge in [-0.05, 0) is 19.2 Å². The molecule has 0 aromatic rings. The van der Waals surface area contributed by atoms with Gasteiger partial charge in [-0.25, -0.2) is 0 Å². The highest BCUT2D eigenvalue weighted by Crippen LogP contribution is 2.14. The van der Waals surface area contributed by atoms with E-state index in [2.05, 4.69) is 10.1 Å². The van der Waals surface area contributed by atoms with E-state index in [1.54, 1.807) is 11.8 Å². The van der Waals surface area contributed by atoms with Gasteiger partial charge in [-0.3, -0.25) is 0 Å². The molecular weight excluding hydrogens is 227 g/mol. The summed E-state index contributed by atoms with van der Waals surface area (Å²) in [4.78, 5) is 0. The lowest BCUT2D eigenvalue weighted by atomic mass is 10.2. The highest BCUT2D eigenvalue weighted by atomic mass is 32.2. The zero-order chi connectivity index (χ0) is 11.7. The minimum atomic E-state index is -4.22. The van der Waals surface area contributed by atoms with Crippen molar-refractivity contribution in [1.29, 1.82) is 0 Å². The molecule has 2 nitrogen and oxygen atoms in total. The van der Waals surface area contributed by atoms with Crippen molar-refractivity contribution in [3.63, 3.8) is 0 Å². The number of ether oxygens (including phenoxy) is 1. The average molecular weight is 245 g/mol. The minimum absolute atomic E-state index is 0.151. The predicted octanol–water partition coefficient (Wildman–Crippen LogP) is 2.30. The van der Waals surface area contributed by atoms with Crippen LogP contribution in [-0.4, -0.2) is 44.0 Å². The third kappa shape index (κ3) is 10.3. The third-order valence-corrected chi connectivity index (χ3v) is 2.47. The minimum Gasteiger partial charge on any atom is -0.372 e. The first-order valence-electron chi connectivity index (χ1n) is 4.86. The molecule has 6 heteroatoms. The zero-order valence-corrected chi connectivity index (χ0v) is 9.88. The second-order valence-electron chi connectivity index (χ2n) is 3.17. The molecule has 0 spiro atoms. The topological polar surface area (TPSA) is 21.3 Å². The van der Waals surface area contributed by atoms with Gasteiger partial charge < -0.3 is 10.1 Å². The lowest BCUT2D eigenvalue weighted by molar-refractivity contribution is -0.174. The van der Waals surface area contributed by atoms with Crippen molar-refractivity contribution in [3.05, 3.63) is 0 Å². The maximum Gasteiger partial charge on any atom is 0.411 e. The Morgan fingerprint density at radius 2 is 2.07 bits per heavy atom. The molecule has 1 N–H and O–H groups in total. The number of thioether (sulfide) groups is 1. The van der Waals surface area contributed by atoms with E-state index >= 15 is 0 Å². The van der Waals surface area contributed by atoms with Gasteiger partial charge in [0, 0.05) is 18.4 Å². The Balaban J connectivity index is 3.52. The second kappa shape index (κ2) is 8.24. The van der Waals surface area contributed by atoms with Crippen molar-refractivity contribution in [3.8, 4) is 0 Å². The molecule has 0 aromatic carbocycles. The fourth-order valence-corrected chi connectivity index (χ4v) is 1.83. The van der Waals surface area contributed by atoms with Crippen LogP contribution >= 0.6 is 11.8 Å². The van der Waals surface area contributed by atoms with Crippen molar-refractivity contribution in [2.24, 2.45) is 0 Å². The molecule has 0 rings (SSSR count). The maximum absolute atomic E-state index is 11.7. The third-order valence-electron chi connectivity index (χ3n) is 1.74. The van der Waals surface area contributed by atoms with E-state index in [9.17, 15) is 13.2 Å². The largest absolute Gasteiger partial charge is 0.411 e. The molecule has 0 aromatic heterocycles. The lowest BCUT2D eigenvalue weighted by Gasteiger charge is -2.16. The number of alkyl halides is 3. The molecule has 1 unspecified atom stereocenters. The Labute approximate surface area is 92.9 Å². The first-order chi connectivity index (χ1) is 6.99. The van der Waals surface area contributed by atoms with E-state index in [-0.39, 0.29) is 12.6 Å². The Kier molecular flexibility index (Phi) is 8.27. The van der Waals surface area contributed by atoms with Gasteiger partial charge in [0.15, 0.2) is 0 Å². The molecule has 0 radical (unpaired) electrons. The van der Waals surface area contributed by atoms with Gasteiger partial charge in [0.2, 0.25) is 0 Å². The molecule has 0 aliphatic heterocycles. The van der Waals surface area contributed by atoms with Gasteiger partial charge >= 0.3 is 6.18 Å². The van der Waals surface area contributed by atoms with E-state index in [1.807, 2.05) is 13.2 Å². The zero-order valence-electron chi connectivity index (χ0n) is 9.06. The summed E-state index contributed by atoms with van der Waals surface area (Å²) in [7, 11) is 0. The number of hydrogen-bond acceptors (Lipinski definition) is 3. The molecule has 15 heavy (non-hydrogen) atoms. The van der Waals surface area contributed by atoms with Crippen LogP contribution in [0.1, 0.15) is 13.3 Å². The van der Waals surface area contributed by atoms with Crippen molar-refractivity contribution < 1.29 is 17.9 Å². The summed E-state index contributed by atoms with van der Waals surface area (Å²) < 4.78 is 39.7. The second-order valence-corrected chi connectivity index (χ2v) is 4.08. The first-order valence-corrected chi connectivity index (χ1v) is 6.25. The fourth-order valence-electron chi connectivity index (χ4n) is 1.15. The molecule has 0 aliphatic carbocycles. The summed E-state index contributed by atoms with van der Waals surface area (Å²) in [6.07, 6.45) is -1.63. The maximum atomic E-state index is 11.7. The monoisotopic (exact) mass is 245 g/mol. The summed E-state index contributed by atoms with van der Waals surface area (Å²) in [5.74, 6) is 0.892. The van der Waals surface area contributed by atoms with E-state index < -0.39 is 12.8 Å². The number of nitrogens with one attached hydrogen (secondary N) is 1. The molecule has 0 saturated carbocycles. The average Bonchev–Trinajstić information content (AvgIpc) is 2.11. The van der Waals surface area contributed by atoms with Crippen LogP contribution in [0.15, 0.2) is 0 Å². The smallest absolute Gasteiger partial charge is 0.372 e. The number of halogens is 3. The van der Waals surface area contributed by atoms with Gasteiger partial charge in [0.05, 0.1) is 0 Å². The van der Waals surface area contributed by atoms with E-state index in [1.165, 1.54) is 0 Å². The molecule has 0 heterocycles. The van der Waals surface area contributed by atoms with Crippen molar-refractivity contribution in [2.45, 2.75) is 25.6 Å². The lowest BCUT2D eigenvalue weighted by Crippen LogP contribution is -2.32. The molecule has 0 saturated heterocycles. The number of hydrogen-bond donors (Lipinski definition) is 1. The van der Waals surface area contributed by atoms with Crippen LogP contribution in [0.5, 0.6) is 0 Å². The van der Waals surface area contributed by atoms with E-state index in [0.717, 1.165) is 12.3 Å². The molecule has 92 valence electrons. The molecule has 0 fully saturated rings. The van der Waals surface area contributed by atoms with Crippen molar-refractivity contribution >= 4 is 11.8 Å². The van der Waals surface area contributed by atoms with Crippen LogP contribution < -0.4 is 5.32 Å². The van der Waals surface area contributed by atoms with Crippen LogP contribution in [0.4, 0.5) is 13.2 Å². The normalized spacial score (nSPS) is 14.2. The van der Waals surface area contributed by atoms with Crippen LogP contribution in [0.3, 0.4) is 0 Å². The van der Waals surface area contributed by atoms with Gasteiger partial charge in [0.25, 0.3) is 0 Å². The summed E-state index contributed by atoms with van der Waals surface area (Å²) in [5.41, 5.74) is 0. The van der Waals surface area contributed by atoms with Gasteiger partial charge in [0.1, 0.15) is 6.61 Å². The van der Waals surface area contributed by atoms with Crippen LogP contribution in [0.25, 0.3) is 0 Å². The number of rotatable bonds is 8. The molecule has 0 amide bonds. The summed E-state index contributed by atoms with van der Waals surface area (Å²) in [6.45, 7) is 1.80. The summed E-state index contributed by atoms with van der Waals surface area (Å²) >= 11 is 1.67. The van der Waals surface area contributed by atoms with Crippen molar-refractivity contribution in [1.82, 2.24) is 5.32 Å². The van der Waals surface area contributed by atoms with Crippen LogP contribution in [0, 0.1) is 0 Å². The predicted molar refractivity (Wildman–Crippen MR) is 57.3 cm³/mol. The quantitative estimate of drug-likeness (QED) is 0.663. The SMILES string of the molecule is CCNC(CCOCC(F)(F)F)CSC. The highest BCUT2D eigenvalue weighted by molar-refractivity contribution is 7.98. The summed E-state index contributed by atoms with van der Waals surface area (Å²) in [6, 6.07) is 0.234. The molecule has 0 aliphatic rings. The standard InChI is InChI=1S/C9H18F3NOS/c1-3-13-8(6-15-2)4-5-14-7-9(10,11)12/h8,13H,3-7H2,1-2H3. The van der Waals surface area contributed by atoms with Crippen LogP contribution in [0.2, 0.25) is 0 Å². The highest BCUT2D eigenvalue weighted by Gasteiger charge is 2.27. The first kappa shape index (κ1) is 15.1. The molecule has 0 bridgehead atoms. The fraction of sp³-hybridized carbons (Fsp3) is 1.00. The Morgan fingerprint density at radius 1 is 1.40 bits per heavy atom. The van der Waals surface area contributed by atoms with E-state index in [0.29, 0.717) is 6.42 Å². The Hall–Kier alpha value is 0.0600. The van der Waals surface area contributed by atoms with Gasteiger partial charge in [-0.2, -0.15) is 24.9 Å². The van der Waals surface area contributed by atoms with Crippen molar-refractivity contribution in [2.75, 3.05) is 31.8 Å². The van der Waals surface area contributed by atoms with E-state index in [4.69, 9.17) is 0 Å². The van der Waals surface area contributed by atoms with Gasteiger partial charge in [-0.1, -0.05) is 6.92 Å². The summed E-state index contributed by atoms with van der Waals surface area (Å²) in [5, 5.41) is 3.20. The molecular formula is C9H18F3NOS.